The number of hydrogen-bond donors (Lipinski definition) is 0. The maximum atomic E-state index is 5.05. The van der Waals surface area contributed by atoms with E-state index in [-0.39, 0.29) is 5.41 Å². The van der Waals surface area contributed by atoms with Crippen LogP contribution in [0.4, 0.5) is 0 Å². The van der Waals surface area contributed by atoms with Gasteiger partial charge < -0.3 is 0 Å². The minimum absolute atomic E-state index is 0.0705. The molecule has 0 unspecified atom stereocenters. The number of hydrogen-bond acceptors (Lipinski definition) is 2. The number of aromatic nitrogens is 1. The highest BCUT2D eigenvalue weighted by atomic mass is 32.1. The summed E-state index contributed by atoms with van der Waals surface area (Å²) < 4.78 is 2.65. The van der Waals surface area contributed by atoms with Gasteiger partial charge in [-0.25, -0.2) is 0 Å². The molecule has 1 aliphatic carbocycles. The first-order valence-corrected chi connectivity index (χ1v) is 17.8. The van der Waals surface area contributed by atoms with E-state index < -0.39 is 0 Å². The summed E-state index contributed by atoms with van der Waals surface area (Å²) in [7, 11) is 0. The Hall–Kier alpha value is -4.01. The lowest BCUT2D eigenvalue weighted by atomic mass is 9.70. The number of fused-ring (bicyclic) bond motifs is 9. The quantitative estimate of drug-likeness (QED) is 0.157. The van der Waals surface area contributed by atoms with E-state index in [4.69, 9.17) is 4.98 Å². The van der Waals surface area contributed by atoms with Crippen LogP contribution in [0.5, 0.6) is 0 Å². The highest BCUT2D eigenvalue weighted by Gasteiger charge is 2.42. The largest absolute Gasteiger partial charge is 0.256 e. The Balaban J connectivity index is 1.39. The normalized spacial score (nSPS) is 13.8. The van der Waals surface area contributed by atoms with Crippen LogP contribution in [0.3, 0.4) is 0 Å². The fourth-order valence-corrected chi connectivity index (χ4v) is 9.35. The molecular formula is C43H41NS. The lowest BCUT2D eigenvalue weighted by Crippen LogP contribution is -2.25. The molecule has 7 aromatic rings. The van der Waals surface area contributed by atoms with Crippen molar-refractivity contribution in [2.45, 2.75) is 77.6 Å². The zero-order valence-electron chi connectivity index (χ0n) is 26.9. The summed E-state index contributed by atoms with van der Waals surface area (Å²) in [5.41, 5.74) is 9.85. The maximum absolute atomic E-state index is 5.05. The molecule has 5 aromatic carbocycles. The van der Waals surface area contributed by atoms with E-state index >= 15 is 0 Å². The summed E-state index contributed by atoms with van der Waals surface area (Å²) >= 11 is 1.88. The fraction of sp³-hybridized carbons (Fsp3) is 0.279. The molecule has 224 valence electrons. The molecule has 0 fully saturated rings. The summed E-state index contributed by atoms with van der Waals surface area (Å²) in [6, 6.07) is 34.9. The lowest BCUT2D eigenvalue weighted by Gasteiger charge is -2.33. The number of pyridine rings is 1. The zero-order chi connectivity index (χ0) is 30.7. The molecule has 1 aliphatic rings. The number of thiophene rings is 1. The van der Waals surface area contributed by atoms with Gasteiger partial charge in [-0.1, -0.05) is 120 Å². The zero-order valence-corrected chi connectivity index (χ0v) is 27.7. The van der Waals surface area contributed by atoms with E-state index in [9.17, 15) is 0 Å². The number of benzene rings is 5. The lowest BCUT2D eigenvalue weighted by molar-refractivity contribution is 0.415. The SMILES string of the molecule is CCCCC1(CCCC)c2ccc(C(C)C)cc2-c2cc3ccc4c(-c5cccc6c5sc5ccccc56)nccc4c3cc21. The van der Waals surface area contributed by atoms with Crippen molar-refractivity contribution >= 4 is 53.1 Å². The molecule has 1 nitrogen and oxygen atoms in total. The molecular weight excluding hydrogens is 563 g/mol. The van der Waals surface area contributed by atoms with Crippen LogP contribution in [0.15, 0.2) is 97.2 Å². The van der Waals surface area contributed by atoms with Crippen molar-refractivity contribution in [2.24, 2.45) is 0 Å². The molecule has 0 spiro atoms. The van der Waals surface area contributed by atoms with Gasteiger partial charge in [-0.05, 0) is 87.0 Å². The average Bonchev–Trinajstić information content (AvgIpc) is 3.58. The number of unbranched alkanes of at least 4 members (excludes halogenated alkanes) is 2. The monoisotopic (exact) mass is 603 g/mol. The summed E-state index contributed by atoms with van der Waals surface area (Å²) in [5.74, 6) is 0.515. The predicted molar refractivity (Wildman–Crippen MR) is 197 cm³/mol. The molecule has 0 bridgehead atoms. The highest BCUT2D eigenvalue weighted by molar-refractivity contribution is 7.26. The van der Waals surface area contributed by atoms with Crippen LogP contribution in [0.25, 0.3) is 64.1 Å². The first-order chi connectivity index (χ1) is 22.0. The Bertz CT molecular complexity index is 2230. The van der Waals surface area contributed by atoms with E-state index in [1.165, 1.54) is 102 Å². The van der Waals surface area contributed by atoms with Crippen molar-refractivity contribution in [3.05, 3.63) is 114 Å². The third kappa shape index (κ3) is 4.36. The minimum atomic E-state index is 0.0705. The van der Waals surface area contributed by atoms with Crippen molar-refractivity contribution in [1.29, 1.82) is 0 Å². The molecule has 8 rings (SSSR count). The molecule has 0 atom stereocenters. The first kappa shape index (κ1) is 28.5. The molecule has 45 heavy (non-hydrogen) atoms. The van der Waals surface area contributed by atoms with Gasteiger partial charge >= 0.3 is 0 Å². The second kappa shape index (κ2) is 11.1. The molecule has 2 aromatic heterocycles. The fourth-order valence-electron chi connectivity index (χ4n) is 8.13. The summed E-state index contributed by atoms with van der Waals surface area (Å²) in [5, 5.41) is 7.86. The van der Waals surface area contributed by atoms with Crippen molar-refractivity contribution in [1.82, 2.24) is 4.98 Å². The summed E-state index contributed by atoms with van der Waals surface area (Å²) in [6.45, 7) is 9.31. The molecule has 0 saturated heterocycles. The Morgan fingerprint density at radius 1 is 0.644 bits per heavy atom. The van der Waals surface area contributed by atoms with Crippen LogP contribution in [0.2, 0.25) is 0 Å². The Kier molecular flexibility index (Phi) is 7.02. The van der Waals surface area contributed by atoms with Crippen LogP contribution in [0.1, 0.15) is 88.8 Å². The van der Waals surface area contributed by atoms with Crippen molar-refractivity contribution in [3.8, 4) is 22.4 Å². The van der Waals surface area contributed by atoms with Gasteiger partial charge in [-0.15, -0.1) is 11.3 Å². The Morgan fingerprint density at radius 2 is 1.42 bits per heavy atom. The van der Waals surface area contributed by atoms with Crippen molar-refractivity contribution in [2.75, 3.05) is 0 Å². The Labute approximate surface area is 271 Å². The van der Waals surface area contributed by atoms with E-state index in [0.29, 0.717) is 5.92 Å². The molecule has 0 aliphatic heterocycles. The van der Waals surface area contributed by atoms with E-state index in [2.05, 4.69) is 119 Å². The molecule has 0 amide bonds. The van der Waals surface area contributed by atoms with Gasteiger partial charge in [-0.3, -0.25) is 4.98 Å². The summed E-state index contributed by atoms with van der Waals surface area (Å²) in [6.07, 6.45) is 9.38. The Morgan fingerprint density at radius 3 is 2.22 bits per heavy atom. The number of rotatable bonds is 8. The molecule has 2 heteroatoms. The van der Waals surface area contributed by atoms with E-state index in [1.807, 2.05) is 17.5 Å². The van der Waals surface area contributed by atoms with Crippen molar-refractivity contribution < 1.29 is 0 Å². The van der Waals surface area contributed by atoms with Gasteiger partial charge in [0.1, 0.15) is 0 Å². The standard InChI is InChI=1S/C43H41NS/c1-5-7-21-43(22-8-6-2)38-19-17-28(27(3)4)24-36(38)37-25-29-16-18-32-30(35(29)26-39(37)43)20-23-44-41(32)34-14-11-13-33-31-12-9-10-15-40(31)45-42(33)34/h9-20,23-27H,5-8,21-22H2,1-4H3. The van der Waals surface area contributed by atoms with Crippen LogP contribution < -0.4 is 0 Å². The predicted octanol–water partition coefficient (Wildman–Crippen LogP) is 13.2. The third-order valence-corrected chi connectivity index (χ3v) is 11.7. The molecule has 0 radical (unpaired) electrons. The third-order valence-electron chi connectivity index (χ3n) is 10.5. The van der Waals surface area contributed by atoms with Gasteiger partial charge in [0.25, 0.3) is 0 Å². The number of nitrogens with zero attached hydrogens (tertiary/aromatic N) is 1. The summed E-state index contributed by atoms with van der Waals surface area (Å²) in [4.78, 5) is 5.05. The van der Waals surface area contributed by atoms with Gasteiger partial charge in [-0.2, -0.15) is 0 Å². The smallest absolute Gasteiger partial charge is 0.0794 e. The van der Waals surface area contributed by atoms with E-state index in [0.717, 1.165) is 5.69 Å². The maximum Gasteiger partial charge on any atom is 0.0794 e. The molecule has 0 N–H and O–H groups in total. The second-order valence-corrected chi connectivity index (χ2v) is 14.5. The average molecular weight is 604 g/mol. The van der Waals surface area contributed by atoms with Crippen LogP contribution in [0, 0.1) is 0 Å². The first-order valence-electron chi connectivity index (χ1n) is 17.0. The highest BCUT2D eigenvalue weighted by Crippen LogP contribution is 2.56. The van der Waals surface area contributed by atoms with Crippen LogP contribution in [-0.2, 0) is 5.41 Å². The van der Waals surface area contributed by atoms with E-state index in [1.54, 1.807) is 11.1 Å². The van der Waals surface area contributed by atoms with Crippen molar-refractivity contribution in [3.63, 3.8) is 0 Å². The van der Waals surface area contributed by atoms with Gasteiger partial charge in [0.05, 0.1) is 5.69 Å². The van der Waals surface area contributed by atoms with Gasteiger partial charge in [0.15, 0.2) is 0 Å². The van der Waals surface area contributed by atoms with Crippen LogP contribution in [-0.4, -0.2) is 4.98 Å². The van der Waals surface area contributed by atoms with Gasteiger partial charge in [0, 0.05) is 42.7 Å². The second-order valence-electron chi connectivity index (χ2n) is 13.5. The molecule has 0 saturated carbocycles. The van der Waals surface area contributed by atoms with Crippen LogP contribution >= 0.6 is 11.3 Å². The minimum Gasteiger partial charge on any atom is -0.256 e. The van der Waals surface area contributed by atoms with Gasteiger partial charge in [0.2, 0.25) is 0 Å². The molecule has 2 heterocycles. The topological polar surface area (TPSA) is 12.9 Å².